The van der Waals surface area contributed by atoms with Gasteiger partial charge in [0.05, 0.1) is 5.92 Å². The van der Waals surface area contributed by atoms with Crippen LogP contribution < -0.4 is 10.1 Å². The molecule has 1 amide bonds. The van der Waals surface area contributed by atoms with Gasteiger partial charge in [-0.15, -0.1) is 0 Å². The van der Waals surface area contributed by atoms with E-state index in [1.54, 1.807) is 0 Å². The zero-order chi connectivity index (χ0) is 16.2. The summed E-state index contributed by atoms with van der Waals surface area (Å²) >= 11 is 0. The second-order valence-corrected chi connectivity index (χ2v) is 5.89. The maximum atomic E-state index is 12.3. The normalized spacial score (nSPS) is 16.5. The molecular formula is C17H22N4O2. The zero-order valence-electron chi connectivity index (χ0n) is 13.6. The summed E-state index contributed by atoms with van der Waals surface area (Å²) in [7, 11) is 0. The highest BCUT2D eigenvalue weighted by molar-refractivity contribution is 5.79. The number of aryl methyl sites for hydroxylation is 3. The fourth-order valence-corrected chi connectivity index (χ4v) is 2.85. The predicted molar refractivity (Wildman–Crippen MR) is 86.3 cm³/mol. The van der Waals surface area contributed by atoms with Crippen molar-refractivity contribution < 1.29 is 9.53 Å². The van der Waals surface area contributed by atoms with Crippen LogP contribution >= 0.6 is 0 Å². The second-order valence-electron chi connectivity index (χ2n) is 5.89. The molecule has 6 heteroatoms. The van der Waals surface area contributed by atoms with Crippen molar-refractivity contribution >= 4 is 5.91 Å². The number of nitrogens with zero attached hydrogens (tertiary/aromatic N) is 3. The summed E-state index contributed by atoms with van der Waals surface area (Å²) in [6.07, 6.45) is 1.57. The average molecular weight is 314 g/mol. The van der Waals surface area contributed by atoms with Crippen LogP contribution in [0.25, 0.3) is 0 Å². The van der Waals surface area contributed by atoms with Gasteiger partial charge < -0.3 is 10.1 Å². The number of ether oxygens (including phenoxy) is 1. The minimum absolute atomic E-state index is 0.0611. The molecule has 0 radical (unpaired) electrons. The van der Waals surface area contributed by atoms with Gasteiger partial charge in [-0.25, -0.2) is 4.98 Å². The molecule has 0 saturated heterocycles. The molecule has 1 atom stereocenters. The zero-order valence-corrected chi connectivity index (χ0v) is 13.6. The third-order valence-corrected chi connectivity index (χ3v) is 4.06. The Morgan fingerprint density at radius 1 is 1.39 bits per heavy atom. The van der Waals surface area contributed by atoms with Gasteiger partial charge in [-0.1, -0.05) is 18.2 Å². The molecule has 2 aromatic rings. The molecule has 0 aliphatic carbocycles. The SMILES string of the molecule is Cc1nc(C)n(CCCNC(=O)[C@@H]2COc3ccccc3C2)n1. The van der Waals surface area contributed by atoms with Crippen LogP contribution in [0.5, 0.6) is 5.75 Å². The number of rotatable bonds is 5. The molecule has 1 N–H and O–H groups in total. The molecule has 3 rings (SSSR count). The molecule has 1 aliphatic rings. The van der Waals surface area contributed by atoms with E-state index in [1.807, 2.05) is 42.8 Å². The van der Waals surface area contributed by atoms with E-state index in [0.29, 0.717) is 13.2 Å². The molecule has 0 unspecified atom stereocenters. The molecule has 1 aliphatic heterocycles. The predicted octanol–water partition coefficient (Wildman–Crippen LogP) is 1.65. The highest BCUT2D eigenvalue weighted by Crippen LogP contribution is 2.26. The molecule has 122 valence electrons. The molecule has 0 spiro atoms. The van der Waals surface area contributed by atoms with Crippen LogP contribution in [0.1, 0.15) is 23.6 Å². The van der Waals surface area contributed by atoms with Gasteiger partial charge in [0.2, 0.25) is 5.91 Å². The third-order valence-electron chi connectivity index (χ3n) is 4.06. The Kier molecular flexibility index (Phi) is 4.60. The largest absolute Gasteiger partial charge is 0.492 e. The van der Waals surface area contributed by atoms with E-state index in [2.05, 4.69) is 15.4 Å². The Morgan fingerprint density at radius 3 is 3.00 bits per heavy atom. The summed E-state index contributed by atoms with van der Waals surface area (Å²) in [5, 5.41) is 7.31. The molecule has 2 heterocycles. The third kappa shape index (κ3) is 3.70. The number of carbonyl (C=O) groups is 1. The maximum Gasteiger partial charge on any atom is 0.226 e. The number of fused-ring (bicyclic) bond motifs is 1. The van der Waals surface area contributed by atoms with Crippen LogP contribution in [-0.2, 0) is 17.8 Å². The highest BCUT2D eigenvalue weighted by Gasteiger charge is 2.25. The number of amides is 1. The van der Waals surface area contributed by atoms with Crippen LogP contribution in [0.2, 0.25) is 0 Å². The highest BCUT2D eigenvalue weighted by atomic mass is 16.5. The molecule has 1 aromatic carbocycles. The Bertz CT molecular complexity index is 696. The van der Waals surface area contributed by atoms with Gasteiger partial charge in [-0.2, -0.15) is 5.10 Å². The molecule has 0 saturated carbocycles. The van der Waals surface area contributed by atoms with Crippen molar-refractivity contribution in [3.63, 3.8) is 0 Å². The Labute approximate surface area is 135 Å². The van der Waals surface area contributed by atoms with E-state index in [1.165, 1.54) is 0 Å². The van der Waals surface area contributed by atoms with E-state index < -0.39 is 0 Å². The van der Waals surface area contributed by atoms with Crippen LogP contribution in [0.4, 0.5) is 0 Å². The average Bonchev–Trinajstić information content (AvgIpc) is 2.88. The van der Waals surface area contributed by atoms with Crippen molar-refractivity contribution in [1.82, 2.24) is 20.1 Å². The summed E-state index contributed by atoms with van der Waals surface area (Å²) < 4.78 is 7.54. The first-order valence-corrected chi connectivity index (χ1v) is 8.00. The van der Waals surface area contributed by atoms with Crippen molar-refractivity contribution in [3.05, 3.63) is 41.5 Å². The summed E-state index contributed by atoms with van der Waals surface area (Å²) in [4.78, 5) is 16.5. The molecule has 6 nitrogen and oxygen atoms in total. The first-order chi connectivity index (χ1) is 11.1. The number of aromatic nitrogens is 3. The lowest BCUT2D eigenvalue weighted by molar-refractivity contribution is -0.126. The van der Waals surface area contributed by atoms with Crippen molar-refractivity contribution in [2.24, 2.45) is 5.92 Å². The lowest BCUT2D eigenvalue weighted by atomic mass is 9.96. The van der Waals surface area contributed by atoms with Gasteiger partial charge in [-0.3, -0.25) is 9.48 Å². The first-order valence-electron chi connectivity index (χ1n) is 8.00. The van der Waals surface area contributed by atoms with Crippen LogP contribution in [0, 0.1) is 19.8 Å². The number of carbonyl (C=O) groups excluding carboxylic acids is 1. The summed E-state index contributed by atoms with van der Waals surface area (Å²) in [5.41, 5.74) is 1.10. The summed E-state index contributed by atoms with van der Waals surface area (Å²) in [5.74, 6) is 2.54. The number of hydrogen-bond donors (Lipinski definition) is 1. The number of para-hydroxylation sites is 1. The fourth-order valence-electron chi connectivity index (χ4n) is 2.85. The first kappa shape index (κ1) is 15.5. The van der Waals surface area contributed by atoms with Gasteiger partial charge in [0.15, 0.2) is 0 Å². The smallest absolute Gasteiger partial charge is 0.226 e. The van der Waals surface area contributed by atoms with Crippen LogP contribution in [-0.4, -0.2) is 33.8 Å². The van der Waals surface area contributed by atoms with Gasteiger partial charge in [0, 0.05) is 13.1 Å². The van der Waals surface area contributed by atoms with Gasteiger partial charge in [0.25, 0.3) is 0 Å². The Balaban J connectivity index is 1.44. The molecule has 0 bridgehead atoms. The molecule has 0 fully saturated rings. The molecular weight excluding hydrogens is 292 g/mol. The molecule has 23 heavy (non-hydrogen) atoms. The number of benzene rings is 1. The van der Waals surface area contributed by atoms with Gasteiger partial charge >= 0.3 is 0 Å². The summed E-state index contributed by atoms with van der Waals surface area (Å²) in [6.45, 7) is 5.66. The number of hydrogen-bond acceptors (Lipinski definition) is 4. The quantitative estimate of drug-likeness (QED) is 0.852. The van der Waals surface area contributed by atoms with E-state index >= 15 is 0 Å². The van der Waals surface area contributed by atoms with Crippen molar-refractivity contribution in [2.45, 2.75) is 33.2 Å². The fraction of sp³-hybridized carbons (Fsp3) is 0.471. The van der Waals surface area contributed by atoms with Gasteiger partial charge in [-0.05, 0) is 38.3 Å². The topological polar surface area (TPSA) is 69.0 Å². The van der Waals surface area contributed by atoms with Gasteiger partial charge in [0.1, 0.15) is 24.0 Å². The van der Waals surface area contributed by atoms with Crippen molar-refractivity contribution in [3.8, 4) is 5.75 Å². The van der Waals surface area contributed by atoms with Crippen molar-refractivity contribution in [1.29, 1.82) is 0 Å². The minimum Gasteiger partial charge on any atom is -0.492 e. The van der Waals surface area contributed by atoms with Crippen LogP contribution in [0.15, 0.2) is 24.3 Å². The lowest BCUT2D eigenvalue weighted by Gasteiger charge is -2.24. The Hall–Kier alpha value is -2.37. The Morgan fingerprint density at radius 2 is 2.22 bits per heavy atom. The minimum atomic E-state index is -0.111. The standard InChI is InChI=1S/C17H22N4O2/c1-12-19-13(2)21(20-12)9-5-8-18-17(22)15-10-14-6-3-4-7-16(14)23-11-15/h3-4,6-7,15H,5,8-11H2,1-2H3,(H,18,22)/t15-/m0/s1. The molecule has 1 aromatic heterocycles. The maximum absolute atomic E-state index is 12.3. The number of nitrogens with one attached hydrogen (secondary N) is 1. The van der Waals surface area contributed by atoms with E-state index in [4.69, 9.17) is 4.74 Å². The van der Waals surface area contributed by atoms with E-state index in [0.717, 1.165) is 42.3 Å². The summed E-state index contributed by atoms with van der Waals surface area (Å²) in [6, 6.07) is 7.90. The monoisotopic (exact) mass is 314 g/mol. The lowest BCUT2D eigenvalue weighted by Crippen LogP contribution is -2.38. The second kappa shape index (κ2) is 6.81. The van der Waals surface area contributed by atoms with E-state index in [9.17, 15) is 4.79 Å². The van der Waals surface area contributed by atoms with E-state index in [-0.39, 0.29) is 11.8 Å². The van der Waals surface area contributed by atoms with Crippen LogP contribution in [0.3, 0.4) is 0 Å². The van der Waals surface area contributed by atoms with Crippen molar-refractivity contribution in [2.75, 3.05) is 13.2 Å².